The lowest BCUT2D eigenvalue weighted by Crippen LogP contribution is -2.41. The molecule has 0 aromatic carbocycles. The Hall–Kier alpha value is -1.89. The molecule has 0 saturated carbocycles. The van der Waals surface area contributed by atoms with Crippen LogP contribution in [-0.2, 0) is 0 Å². The van der Waals surface area contributed by atoms with Gasteiger partial charge in [-0.1, -0.05) is 6.92 Å². The third-order valence-corrected chi connectivity index (χ3v) is 3.29. The fraction of sp³-hybridized carbons (Fsp3) is 0.545. The SMILES string of the molecule is CCC(C)(C)N(C)c1nc(NN)ccc1[N+](=O)[O-]. The highest BCUT2D eigenvalue weighted by Crippen LogP contribution is 2.32. The second-order valence-electron chi connectivity index (χ2n) is 4.67. The molecule has 0 radical (unpaired) electrons. The summed E-state index contributed by atoms with van der Waals surface area (Å²) in [4.78, 5) is 16.6. The molecular weight excluding hydrogens is 234 g/mol. The van der Waals surface area contributed by atoms with Gasteiger partial charge < -0.3 is 10.3 Å². The maximum Gasteiger partial charge on any atom is 0.311 e. The summed E-state index contributed by atoms with van der Waals surface area (Å²) in [6.07, 6.45) is 0.836. The largest absolute Gasteiger partial charge is 0.349 e. The molecule has 1 aromatic rings. The van der Waals surface area contributed by atoms with E-state index < -0.39 is 4.92 Å². The molecule has 1 aromatic heterocycles. The molecule has 0 bridgehead atoms. The molecule has 0 spiro atoms. The minimum Gasteiger partial charge on any atom is -0.349 e. The number of nitrogens with two attached hydrogens (primary N) is 1. The van der Waals surface area contributed by atoms with Crippen LogP contribution in [0.4, 0.5) is 17.3 Å². The van der Waals surface area contributed by atoms with Crippen LogP contribution in [0.1, 0.15) is 27.2 Å². The first kappa shape index (κ1) is 14.2. The topological polar surface area (TPSA) is 97.3 Å². The number of anilines is 2. The van der Waals surface area contributed by atoms with E-state index in [1.807, 2.05) is 20.8 Å². The van der Waals surface area contributed by atoms with Crippen molar-refractivity contribution in [3.63, 3.8) is 0 Å². The lowest BCUT2D eigenvalue weighted by molar-refractivity contribution is -0.384. The number of nitrogens with one attached hydrogen (secondary N) is 1. The van der Waals surface area contributed by atoms with Gasteiger partial charge in [0.25, 0.3) is 0 Å². The second kappa shape index (κ2) is 5.18. The summed E-state index contributed by atoms with van der Waals surface area (Å²) in [5.41, 5.74) is 2.14. The fourth-order valence-corrected chi connectivity index (χ4v) is 1.43. The molecule has 0 saturated heterocycles. The van der Waals surface area contributed by atoms with Crippen molar-refractivity contribution in [3.05, 3.63) is 22.2 Å². The summed E-state index contributed by atoms with van der Waals surface area (Å²) in [5.74, 6) is 5.99. The first-order valence-electron chi connectivity index (χ1n) is 5.69. The molecule has 1 heterocycles. The number of hydrogen-bond donors (Lipinski definition) is 2. The first-order valence-corrected chi connectivity index (χ1v) is 5.69. The summed E-state index contributed by atoms with van der Waals surface area (Å²) in [6.45, 7) is 6.02. The minimum absolute atomic E-state index is 0.0296. The average molecular weight is 253 g/mol. The van der Waals surface area contributed by atoms with E-state index in [1.54, 1.807) is 11.9 Å². The molecule has 3 N–H and O–H groups in total. The van der Waals surface area contributed by atoms with Gasteiger partial charge in [-0.3, -0.25) is 10.1 Å². The van der Waals surface area contributed by atoms with Gasteiger partial charge in [0.15, 0.2) is 0 Å². The molecular formula is C11H19N5O2. The van der Waals surface area contributed by atoms with Gasteiger partial charge in [0.1, 0.15) is 5.82 Å². The Kier molecular flexibility index (Phi) is 4.07. The van der Waals surface area contributed by atoms with Crippen molar-refractivity contribution in [1.82, 2.24) is 4.98 Å². The number of nitrogen functional groups attached to an aromatic ring is 1. The van der Waals surface area contributed by atoms with E-state index >= 15 is 0 Å². The molecule has 0 aliphatic heterocycles. The van der Waals surface area contributed by atoms with Crippen molar-refractivity contribution in [2.24, 2.45) is 5.84 Å². The van der Waals surface area contributed by atoms with Crippen LogP contribution < -0.4 is 16.2 Å². The van der Waals surface area contributed by atoms with E-state index in [-0.39, 0.29) is 11.2 Å². The Morgan fingerprint density at radius 3 is 2.61 bits per heavy atom. The molecule has 0 amide bonds. The predicted octanol–water partition coefficient (Wildman–Crippen LogP) is 1.90. The fourth-order valence-electron chi connectivity index (χ4n) is 1.43. The van der Waals surface area contributed by atoms with Crippen molar-refractivity contribution < 1.29 is 4.92 Å². The Morgan fingerprint density at radius 1 is 1.56 bits per heavy atom. The predicted molar refractivity (Wildman–Crippen MR) is 71.5 cm³/mol. The van der Waals surface area contributed by atoms with Crippen LogP contribution in [0.15, 0.2) is 12.1 Å². The van der Waals surface area contributed by atoms with Crippen LogP contribution in [0.2, 0.25) is 0 Å². The number of hydrogen-bond acceptors (Lipinski definition) is 6. The van der Waals surface area contributed by atoms with Crippen molar-refractivity contribution in [2.75, 3.05) is 17.4 Å². The van der Waals surface area contributed by atoms with Gasteiger partial charge in [0.2, 0.25) is 5.82 Å². The average Bonchev–Trinajstić information content (AvgIpc) is 2.36. The Balaban J connectivity index is 3.31. The van der Waals surface area contributed by atoms with Crippen molar-refractivity contribution in [1.29, 1.82) is 0 Å². The maximum atomic E-state index is 11.0. The summed E-state index contributed by atoms with van der Waals surface area (Å²) in [7, 11) is 1.79. The van der Waals surface area contributed by atoms with Gasteiger partial charge in [0.05, 0.1) is 4.92 Å². The molecule has 7 heteroatoms. The number of hydrazine groups is 1. The highest BCUT2D eigenvalue weighted by atomic mass is 16.6. The summed E-state index contributed by atoms with van der Waals surface area (Å²) < 4.78 is 0. The zero-order chi connectivity index (χ0) is 13.9. The van der Waals surface area contributed by atoms with Crippen LogP contribution in [0.5, 0.6) is 0 Å². The van der Waals surface area contributed by atoms with Crippen LogP contribution in [0.3, 0.4) is 0 Å². The highest BCUT2D eigenvalue weighted by Gasteiger charge is 2.28. The van der Waals surface area contributed by atoms with E-state index in [4.69, 9.17) is 5.84 Å². The molecule has 100 valence electrons. The lowest BCUT2D eigenvalue weighted by Gasteiger charge is -2.35. The van der Waals surface area contributed by atoms with Crippen molar-refractivity contribution in [2.45, 2.75) is 32.7 Å². The smallest absolute Gasteiger partial charge is 0.311 e. The third-order valence-electron chi connectivity index (χ3n) is 3.29. The number of aromatic nitrogens is 1. The van der Waals surface area contributed by atoms with E-state index in [2.05, 4.69) is 10.4 Å². The zero-order valence-electron chi connectivity index (χ0n) is 11.1. The van der Waals surface area contributed by atoms with Gasteiger partial charge in [-0.05, 0) is 26.3 Å². The first-order chi connectivity index (χ1) is 8.33. The van der Waals surface area contributed by atoms with Gasteiger partial charge in [-0.15, -0.1) is 0 Å². The molecule has 0 aliphatic carbocycles. The van der Waals surface area contributed by atoms with Crippen molar-refractivity contribution in [3.8, 4) is 0 Å². The van der Waals surface area contributed by atoms with Gasteiger partial charge in [-0.25, -0.2) is 10.8 Å². The molecule has 18 heavy (non-hydrogen) atoms. The molecule has 0 atom stereocenters. The Morgan fingerprint density at radius 2 is 2.17 bits per heavy atom. The monoisotopic (exact) mass is 253 g/mol. The van der Waals surface area contributed by atoms with E-state index in [0.717, 1.165) is 6.42 Å². The number of rotatable bonds is 5. The summed E-state index contributed by atoms with van der Waals surface area (Å²) in [6, 6.07) is 2.88. The van der Waals surface area contributed by atoms with E-state index in [1.165, 1.54) is 12.1 Å². The summed E-state index contributed by atoms with van der Waals surface area (Å²) >= 11 is 0. The number of nitrogens with zero attached hydrogens (tertiary/aromatic N) is 3. The molecule has 0 aliphatic rings. The van der Waals surface area contributed by atoms with Crippen LogP contribution in [0.25, 0.3) is 0 Å². The number of pyridine rings is 1. The third kappa shape index (κ3) is 2.67. The van der Waals surface area contributed by atoms with Gasteiger partial charge >= 0.3 is 5.69 Å². The molecule has 0 fully saturated rings. The van der Waals surface area contributed by atoms with Crippen LogP contribution in [-0.4, -0.2) is 22.5 Å². The molecule has 7 nitrogen and oxygen atoms in total. The Bertz CT molecular complexity index is 447. The van der Waals surface area contributed by atoms with E-state index in [9.17, 15) is 10.1 Å². The van der Waals surface area contributed by atoms with Gasteiger partial charge in [-0.2, -0.15) is 0 Å². The zero-order valence-corrected chi connectivity index (χ0v) is 11.1. The second-order valence-corrected chi connectivity index (χ2v) is 4.67. The lowest BCUT2D eigenvalue weighted by atomic mass is 10.00. The van der Waals surface area contributed by atoms with Crippen LogP contribution >= 0.6 is 0 Å². The molecule has 1 rings (SSSR count). The van der Waals surface area contributed by atoms with Crippen LogP contribution in [0, 0.1) is 10.1 Å². The standard InChI is InChI=1S/C11H19N5O2/c1-5-11(2,3)15(4)10-8(16(17)18)6-7-9(13-10)14-12/h6-7H,5,12H2,1-4H3,(H,13,14). The summed E-state index contributed by atoms with van der Waals surface area (Å²) in [5, 5.41) is 11.0. The normalized spacial score (nSPS) is 11.2. The minimum atomic E-state index is -0.440. The van der Waals surface area contributed by atoms with Crippen molar-refractivity contribution >= 4 is 17.3 Å². The number of nitro groups is 1. The quantitative estimate of drug-likeness (QED) is 0.472. The Labute approximate surface area is 106 Å². The van der Waals surface area contributed by atoms with Gasteiger partial charge in [0, 0.05) is 18.7 Å². The van der Waals surface area contributed by atoms with E-state index in [0.29, 0.717) is 11.6 Å². The maximum absolute atomic E-state index is 11.0. The highest BCUT2D eigenvalue weighted by molar-refractivity contribution is 5.62. The molecule has 0 unspecified atom stereocenters.